The number of hydrogen-bond acceptors (Lipinski definition) is 5. The minimum atomic E-state index is -3.44. The zero-order chi connectivity index (χ0) is 31.4. The second-order valence-electron chi connectivity index (χ2n) is 15.6. The van der Waals surface area contributed by atoms with Crippen LogP contribution < -0.4 is 4.72 Å². The number of sulfonamides is 1. The summed E-state index contributed by atoms with van der Waals surface area (Å²) < 4.78 is 28.8. The van der Waals surface area contributed by atoms with Gasteiger partial charge in [0.15, 0.2) is 11.6 Å². The first-order valence-electron chi connectivity index (χ1n) is 15.5. The summed E-state index contributed by atoms with van der Waals surface area (Å²) in [5, 5.41) is 9.89. The van der Waals surface area contributed by atoms with Crippen LogP contribution in [0.3, 0.4) is 0 Å². The fourth-order valence-corrected chi connectivity index (χ4v) is 9.45. The van der Waals surface area contributed by atoms with Crippen LogP contribution >= 0.6 is 0 Å². The summed E-state index contributed by atoms with van der Waals surface area (Å²) in [4.78, 5) is 27.0. The zero-order valence-corrected chi connectivity index (χ0v) is 28.3. The van der Waals surface area contributed by atoms with E-state index in [4.69, 9.17) is 0 Å². The molecule has 1 N–H and O–H groups in total. The number of fused-ring (bicyclic) bond motifs is 3. The van der Waals surface area contributed by atoms with E-state index < -0.39 is 31.8 Å². The molecule has 0 bridgehead atoms. The molecule has 230 valence electrons. The highest BCUT2D eigenvalue weighted by Crippen LogP contribution is 2.69. The van der Waals surface area contributed by atoms with Crippen molar-refractivity contribution in [3.63, 3.8) is 0 Å². The number of carbonyl (C=O) groups is 2. The number of rotatable bonds is 10. The summed E-state index contributed by atoms with van der Waals surface area (Å²) in [6.07, 6.45) is 9.26. The number of nitrogens with zero attached hydrogens (tertiary/aromatic N) is 1. The highest BCUT2D eigenvalue weighted by molar-refractivity contribution is 7.89. The van der Waals surface area contributed by atoms with Gasteiger partial charge in [0, 0.05) is 22.3 Å². The zero-order valence-electron chi connectivity index (χ0n) is 27.5. The molecule has 0 aromatic rings. The predicted octanol–water partition coefficient (Wildman–Crippen LogP) is 7.31. The van der Waals surface area contributed by atoms with Crippen LogP contribution in [0.2, 0.25) is 0 Å². The fourth-order valence-electron chi connectivity index (χ4n) is 8.35. The van der Waals surface area contributed by atoms with E-state index in [1.807, 2.05) is 39.8 Å². The molecule has 1 unspecified atom stereocenters. The number of allylic oxidation sites excluding steroid dienone is 4. The lowest BCUT2D eigenvalue weighted by atomic mass is 9.39. The summed E-state index contributed by atoms with van der Waals surface area (Å²) in [6.45, 7) is 22.8. The Morgan fingerprint density at radius 2 is 1.66 bits per heavy atom. The molecule has 0 aromatic carbocycles. The third-order valence-electron chi connectivity index (χ3n) is 12.3. The number of Topliss-reactive ketones (excluding diaryl/α,β-unsaturated/α-hetero) is 1. The normalized spacial score (nSPS) is 35.0. The van der Waals surface area contributed by atoms with Crippen molar-refractivity contribution in [1.29, 1.82) is 5.26 Å². The van der Waals surface area contributed by atoms with Crippen molar-refractivity contribution in [2.24, 2.45) is 38.9 Å². The molecule has 3 aliphatic carbocycles. The van der Waals surface area contributed by atoms with Gasteiger partial charge >= 0.3 is 0 Å². The van der Waals surface area contributed by atoms with E-state index in [0.717, 1.165) is 37.7 Å². The summed E-state index contributed by atoms with van der Waals surface area (Å²) >= 11 is 0. The van der Waals surface area contributed by atoms with Gasteiger partial charge in [-0.1, -0.05) is 80.4 Å². The average Bonchev–Trinajstić information content (AvgIpc) is 2.89. The van der Waals surface area contributed by atoms with Gasteiger partial charge in [-0.25, -0.2) is 13.1 Å². The summed E-state index contributed by atoms with van der Waals surface area (Å²) in [5.74, 6) is -0.265. The Bertz CT molecular complexity index is 1300. The van der Waals surface area contributed by atoms with Crippen molar-refractivity contribution in [1.82, 2.24) is 4.72 Å². The van der Waals surface area contributed by atoms with Crippen LogP contribution in [0.5, 0.6) is 0 Å². The van der Waals surface area contributed by atoms with Crippen molar-refractivity contribution in [3.05, 3.63) is 23.3 Å². The maximum atomic E-state index is 13.8. The van der Waals surface area contributed by atoms with Gasteiger partial charge in [0.05, 0.1) is 11.3 Å². The molecule has 0 radical (unpaired) electrons. The Morgan fingerprint density at radius 3 is 2.20 bits per heavy atom. The number of nitrogens with one attached hydrogen (secondary N) is 1. The average molecular weight is 587 g/mol. The lowest BCUT2D eigenvalue weighted by Gasteiger charge is -2.64. The molecule has 0 heterocycles. The van der Waals surface area contributed by atoms with E-state index in [9.17, 15) is 23.3 Å². The van der Waals surface area contributed by atoms with Crippen LogP contribution in [0.25, 0.3) is 0 Å². The SMILES string of the molecule is CCC(C)(C)CC[C@@](C)(CC[C@]1(C)C(C)C(=O)C=C2[C@@]3(C)C=C(C#N)C(=O)C(C)(C)[C@@H]3CC[C@]21C)NS(=O)(=O)CC. The monoisotopic (exact) mass is 586 g/mol. The van der Waals surface area contributed by atoms with Crippen molar-refractivity contribution in [3.8, 4) is 6.07 Å². The third kappa shape index (κ3) is 5.65. The van der Waals surface area contributed by atoms with E-state index in [-0.39, 0.29) is 45.6 Å². The topological polar surface area (TPSA) is 104 Å². The van der Waals surface area contributed by atoms with Gasteiger partial charge in [0.1, 0.15) is 6.07 Å². The van der Waals surface area contributed by atoms with Gasteiger partial charge in [-0.05, 0) is 80.6 Å². The maximum absolute atomic E-state index is 13.8. The van der Waals surface area contributed by atoms with Gasteiger partial charge in [-0.3, -0.25) is 9.59 Å². The first-order chi connectivity index (χ1) is 18.6. The Labute approximate surface area is 249 Å². The van der Waals surface area contributed by atoms with Gasteiger partial charge < -0.3 is 0 Å². The van der Waals surface area contributed by atoms with Crippen LogP contribution in [0, 0.1) is 50.2 Å². The lowest BCUT2D eigenvalue weighted by molar-refractivity contribution is -0.137. The maximum Gasteiger partial charge on any atom is 0.211 e. The minimum Gasteiger partial charge on any atom is -0.295 e. The lowest BCUT2D eigenvalue weighted by Crippen LogP contribution is -2.60. The molecule has 41 heavy (non-hydrogen) atoms. The molecule has 7 heteroatoms. The molecule has 0 aromatic heterocycles. The molecule has 1 fully saturated rings. The van der Waals surface area contributed by atoms with Crippen LogP contribution in [0.15, 0.2) is 23.3 Å². The summed E-state index contributed by atoms with van der Waals surface area (Å²) in [5.41, 5.74) is -1.41. The van der Waals surface area contributed by atoms with Gasteiger partial charge in [0.25, 0.3) is 0 Å². The molecular weight excluding hydrogens is 532 g/mol. The third-order valence-corrected chi connectivity index (χ3v) is 13.9. The van der Waals surface area contributed by atoms with Crippen LogP contribution in [0.4, 0.5) is 0 Å². The number of nitriles is 1. The molecule has 3 rings (SSSR count). The molecule has 0 saturated heterocycles. The highest BCUT2D eigenvalue weighted by atomic mass is 32.2. The molecule has 6 atom stereocenters. The van der Waals surface area contributed by atoms with Gasteiger partial charge in [-0.2, -0.15) is 5.26 Å². The molecule has 6 nitrogen and oxygen atoms in total. The van der Waals surface area contributed by atoms with Gasteiger partial charge in [-0.15, -0.1) is 0 Å². The van der Waals surface area contributed by atoms with E-state index in [0.29, 0.717) is 12.8 Å². The molecule has 0 amide bonds. The Hall–Kier alpha value is -1.78. The second-order valence-corrected chi connectivity index (χ2v) is 17.6. The van der Waals surface area contributed by atoms with Crippen molar-refractivity contribution in [2.45, 2.75) is 127 Å². The fraction of sp³-hybridized carbons (Fsp3) is 0.794. The Morgan fingerprint density at radius 1 is 1.05 bits per heavy atom. The first-order valence-corrected chi connectivity index (χ1v) is 17.2. The van der Waals surface area contributed by atoms with Crippen molar-refractivity contribution < 1.29 is 18.0 Å². The number of ketones is 2. The summed E-state index contributed by atoms with van der Waals surface area (Å²) in [6, 6.07) is 2.15. The molecular formula is C34H54N2O4S. The number of hydrogen-bond donors (Lipinski definition) is 1. The Balaban J connectivity index is 2.08. The predicted molar refractivity (Wildman–Crippen MR) is 165 cm³/mol. The largest absolute Gasteiger partial charge is 0.295 e. The quantitative estimate of drug-likeness (QED) is 0.289. The van der Waals surface area contributed by atoms with Crippen LogP contribution in [0.1, 0.15) is 121 Å². The number of carbonyl (C=O) groups excluding carboxylic acids is 2. The van der Waals surface area contributed by atoms with E-state index >= 15 is 0 Å². The molecule has 1 saturated carbocycles. The van der Waals surface area contributed by atoms with Crippen LogP contribution in [-0.2, 0) is 19.6 Å². The van der Waals surface area contributed by atoms with E-state index in [1.54, 1.807) is 6.92 Å². The van der Waals surface area contributed by atoms with E-state index in [1.165, 1.54) is 0 Å². The minimum absolute atomic E-state index is 0.0118. The van der Waals surface area contributed by atoms with Crippen molar-refractivity contribution in [2.75, 3.05) is 5.75 Å². The van der Waals surface area contributed by atoms with Crippen LogP contribution in [-0.4, -0.2) is 31.3 Å². The van der Waals surface area contributed by atoms with E-state index in [2.05, 4.69) is 52.3 Å². The second kappa shape index (κ2) is 10.7. The highest BCUT2D eigenvalue weighted by Gasteiger charge is 2.64. The van der Waals surface area contributed by atoms with Gasteiger partial charge in [0.2, 0.25) is 10.0 Å². The van der Waals surface area contributed by atoms with Crippen molar-refractivity contribution >= 4 is 21.6 Å². The molecule has 3 aliphatic rings. The summed E-state index contributed by atoms with van der Waals surface area (Å²) in [7, 11) is -3.44. The standard InChI is InChI=1S/C34H54N2O4S/c1-12-29(4,5)16-17-31(8,36-41(39,40)13-2)18-19-33(10)23(3)25(37)20-27-32(9)21-24(22-35)28(38)30(6,7)26(32)14-15-34(27,33)11/h20-21,23,26,36H,12-19H2,1-11H3/t23?,26-,31-,32-,33+,34+/m0/s1. The Kier molecular flexibility index (Phi) is 8.83. The smallest absolute Gasteiger partial charge is 0.211 e. The molecule has 0 spiro atoms. The molecule has 0 aliphatic heterocycles. The first kappa shape index (κ1) is 33.7.